The van der Waals surface area contributed by atoms with Gasteiger partial charge < -0.3 is 4.74 Å². The van der Waals surface area contributed by atoms with Gasteiger partial charge in [0.25, 0.3) is 0 Å². The molecule has 1 heterocycles. The van der Waals surface area contributed by atoms with Gasteiger partial charge in [0.15, 0.2) is 0 Å². The van der Waals surface area contributed by atoms with Crippen molar-refractivity contribution in [2.24, 2.45) is 0 Å². The fraction of sp³-hybridized carbons (Fsp3) is 0.250. The van der Waals surface area contributed by atoms with E-state index in [1.807, 2.05) is 13.0 Å². The van der Waals surface area contributed by atoms with Gasteiger partial charge in [0.05, 0.1) is 16.9 Å². The van der Waals surface area contributed by atoms with E-state index in [0.717, 1.165) is 11.6 Å². The van der Waals surface area contributed by atoms with Crippen molar-refractivity contribution >= 4 is 46.6 Å². The number of aryl methyl sites for hydroxylation is 1. The minimum absolute atomic E-state index is 0.146. The van der Waals surface area contributed by atoms with Crippen LogP contribution in [0.1, 0.15) is 11.1 Å². The highest BCUT2D eigenvalue weighted by Gasteiger charge is 2.32. The lowest BCUT2D eigenvalue weighted by atomic mass is 10.1. The molecule has 26 heavy (non-hydrogen) atoms. The number of alkyl halides is 6. The van der Waals surface area contributed by atoms with Crippen LogP contribution < -0.4 is 5.32 Å². The van der Waals surface area contributed by atoms with Gasteiger partial charge in [-0.3, -0.25) is 10.3 Å². The zero-order valence-corrected chi connectivity index (χ0v) is 15.5. The summed E-state index contributed by atoms with van der Waals surface area (Å²) in [5.41, 5.74) is 0.335. The van der Waals surface area contributed by atoms with Crippen LogP contribution in [0.2, 0.25) is 0 Å². The molecule has 2 rings (SSSR count). The van der Waals surface area contributed by atoms with Crippen LogP contribution in [-0.4, -0.2) is 21.5 Å². The van der Waals surface area contributed by atoms with Gasteiger partial charge in [-0.1, -0.05) is 58.6 Å². The van der Waals surface area contributed by atoms with Crippen LogP contribution in [0.3, 0.4) is 0 Å². The van der Waals surface area contributed by atoms with Crippen molar-refractivity contribution in [1.82, 2.24) is 4.98 Å². The maximum Gasteiger partial charge on any atom is 0.417 e. The monoisotopic (exact) mass is 426 g/mol. The minimum Gasteiger partial charge on any atom is -0.445 e. The largest absolute Gasteiger partial charge is 0.445 e. The van der Waals surface area contributed by atoms with Crippen LogP contribution >= 0.6 is 34.8 Å². The van der Waals surface area contributed by atoms with Gasteiger partial charge >= 0.3 is 12.3 Å². The summed E-state index contributed by atoms with van der Waals surface area (Å²) in [5, 5.41) is 2.21. The van der Waals surface area contributed by atoms with Gasteiger partial charge in [-0.15, -0.1) is 0 Å². The Balaban J connectivity index is 2.38. The predicted octanol–water partition coefficient (Wildman–Crippen LogP) is 5.99. The molecular weight excluding hydrogens is 416 g/mol. The van der Waals surface area contributed by atoms with E-state index >= 15 is 0 Å². The first-order valence-electron chi connectivity index (χ1n) is 7.10. The fourth-order valence-corrected chi connectivity index (χ4v) is 2.19. The van der Waals surface area contributed by atoms with Gasteiger partial charge in [-0.2, -0.15) is 13.2 Å². The Bertz CT molecular complexity index is 808. The third kappa shape index (κ3) is 5.93. The van der Waals surface area contributed by atoms with Crippen LogP contribution in [0, 0.1) is 6.92 Å². The number of ether oxygens (including phenoxy) is 1. The van der Waals surface area contributed by atoms with Crippen molar-refractivity contribution < 1.29 is 22.7 Å². The van der Waals surface area contributed by atoms with Crippen molar-refractivity contribution in [3.05, 3.63) is 47.7 Å². The molecule has 1 N–H and O–H groups in total. The van der Waals surface area contributed by atoms with E-state index in [-0.39, 0.29) is 11.4 Å². The van der Waals surface area contributed by atoms with E-state index in [4.69, 9.17) is 39.5 Å². The number of carbonyl (C=O) groups is 1. The van der Waals surface area contributed by atoms with Gasteiger partial charge in [0, 0.05) is 11.8 Å². The number of aromatic nitrogens is 1. The number of benzene rings is 1. The number of hydrogen-bond donors (Lipinski definition) is 1. The predicted molar refractivity (Wildman–Crippen MR) is 94.7 cm³/mol. The van der Waals surface area contributed by atoms with Crippen LogP contribution in [0.25, 0.3) is 11.3 Å². The molecule has 0 radical (unpaired) electrons. The van der Waals surface area contributed by atoms with Crippen molar-refractivity contribution in [2.75, 3.05) is 11.9 Å². The van der Waals surface area contributed by atoms with Crippen molar-refractivity contribution in [2.45, 2.75) is 16.9 Å². The first kappa shape index (κ1) is 20.6. The fourth-order valence-electron chi connectivity index (χ4n) is 2.03. The second-order valence-corrected chi connectivity index (χ2v) is 7.82. The number of carbonyl (C=O) groups excluding carboxylic acids is 1. The number of pyridine rings is 1. The number of rotatable bonds is 3. The van der Waals surface area contributed by atoms with Gasteiger partial charge in [-0.25, -0.2) is 4.79 Å². The summed E-state index contributed by atoms with van der Waals surface area (Å²) in [6.07, 6.45) is -5.02. The molecule has 0 spiro atoms. The number of halogens is 6. The first-order valence-corrected chi connectivity index (χ1v) is 8.24. The topological polar surface area (TPSA) is 51.2 Å². The number of nitrogens with one attached hydrogen (secondary N) is 1. The lowest BCUT2D eigenvalue weighted by Crippen LogP contribution is -2.22. The Labute approximate surface area is 162 Å². The zero-order valence-electron chi connectivity index (χ0n) is 13.2. The summed E-state index contributed by atoms with van der Waals surface area (Å²) in [6, 6.07) is 7.67. The second kappa shape index (κ2) is 7.90. The van der Waals surface area contributed by atoms with Crippen LogP contribution in [0.15, 0.2) is 36.5 Å². The number of anilines is 1. The van der Waals surface area contributed by atoms with Gasteiger partial charge in [-0.05, 0) is 19.1 Å². The van der Waals surface area contributed by atoms with Crippen LogP contribution in [0.4, 0.5) is 23.7 Å². The van der Waals surface area contributed by atoms with E-state index in [0.29, 0.717) is 11.8 Å². The maximum atomic E-state index is 13.0. The van der Waals surface area contributed by atoms with Gasteiger partial charge in [0.2, 0.25) is 3.79 Å². The van der Waals surface area contributed by atoms with Gasteiger partial charge in [0.1, 0.15) is 6.61 Å². The molecule has 1 amide bonds. The number of amides is 1. The SMILES string of the molecule is Cc1cccc(-c2ncc(C(F)(F)F)cc2NC(=O)OCC(Cl)(Cl)Cl)c1. The Morgan fingerprint density at radius 2 is 1.92 bits per heavy atom. The zero-order chi connectivity index (χ0) is 19.5. The average Bonchev–Trinajstić information content (AvgIpc) is 2.51. The van der Waals surface area contributed by atoms with E-state index in [1.54, 1.807) is 18.2 Å². The van der Waals surface area contributed by atoms with E-state index in [9.17, 15) is 18.0 Å². The quantitative estimate of drug-likeness (QED) is 0.612. The summed E-state index contributed by atoms with van der Waals surface area (Å²) in [6.45, 7) is 1.24. The molecule has 140 valence electrons. The Kier molecular flexibility index (Phi) is 6.26. The van der Waals surface area contributed by atoms with Crippen molar-refractivity contribution in [1.29, 1.82) is 0 Å². The lowest BCUT2D eigenvalue weighted by Gasteiger charge is -2.15. The highest BCUT2D eigenvalue weighted by atomic mass is 35.6. The Hall–Kier alpha value is -1.70. The summed E-state index contributed by atoms with van der Waals surface area (Å²) < 4.78 is 41.8. The standard InChI is InChI=1S/C16H12Cl3F3N2O2/c1-9-3-2-4-10(5-9)13-12(6-11(7-23-13)16(20,21)22)24-14(25)26-8-15(17,18)19/h2-7H,8H2,1H3,(H,24,25). The minimum atomic E-state index is -4.63. The molecule has 0 aliphatic heterocycles. The van der Waals surface area contributed by atoms with Crippen molar-refractivity contribution in [3.8, 4) is 11.3 Å². The van der Waals surface area contributed by atoms with Crippen LogP contribution in [-0.2, 0) is 10.9 Å². The first-order chi connectivity index (χ1) is 12.0. The third-order valence-electron chi connectivity index (χ3n) is 3.11. The summed E-state index contributed by atoms with van der Waals surface area (Å²) >= 11 is 16.4. The average molecular weight is 428 g/mol. The molecular formula is C16H12Cl3F3N2O2. The maximum absolute atomic E-state index is 13.0. The molecule has 0 saturated carbocycles. The summed E-state index contributed by atoms with van der Waals surface area (Å²) in [7, 11) is 0. The van der Waals surface area contributed by atoms with E-state index in [2.05, 4.69) is 10.3 Å². The van der Waals surface area contributed by atoms with E-state index in [1.165, 1.54) is 0 Å². The molecule has 0 bridgehead atoms. The summed E-state index contributed by atoms with van der Waals surface area (Å²) in [4.78, 5) is 15.7. The normalized spacial score (nSPS) is 12.0. The third-order valence-corrected chi connectivity index (χ3v) is 3.44. The van der Waals surface area contributed by atoms with Crippen LogP contribution in [0.5, 0.6) is 0 Å². The Morgan fingerprint density at radius 3 is 2.50 bits per heavy atom. The molecule has 0 fully saturated rings. The van der Waals surface area contributed by atoms with E-state index < -0.39 is 28.2 Å². The highest BCUT2D eigenvalue weighted by Crippen LogP contribution is 2.34. The molecule has 0 saturated heterocycles. The molecule has 10 heteroatoms. The number of hydrogen-bond acceptors (Lipinski definition) is 3. The lowest BCUT2D eigenvalue weighted by molar-refractivity contribution is -0.137. The Morgan fingerprint density at radius 1 is 1.23 bits per heavy atom. The molecule has 0 aliphatic rings. The molecule has 0 unspecified atom stereocenters. The number of nitrogens with zero attached hydrogens (tertiary/aromatic N) is 1. The highest BCUT2D eigenvalue weighted by molar-refractivity contribution is 6.67. The molecule has 4 nitrogen and oxygen atoms in total. The second-order valence-electron chi connectivity index (χ2n) is 5.30. The molecule has 2 aromatic rings. The molecule has 1 aromatic carbocycles. The molecule has 1 aromatic heterocycles. The smallest absolute Gasteiger partial charge is 0.417 e. The molecule has 0 aliphatic carbocycles. The summed E-state index contributed by atoms with van der Waals surface area (Å²) in [5.74, 6) is 0. The molecule has 0 atom stereocenters. The van der Waals surface area contributed by atoms with Crippen molar-refractivity contribution in [3.63, 3.8) is 0 Å².